The third kappa shape index (κ3) is 4.34. The van der Waals surface area contributed by atoms with E-state index in [2.05, 4.69) is 12.1 Å². The number of fused-ring (bicyclic) bond motifs is 1. The maximum absolute atomic E-state index is 13.0. The van der Waals surface area contributed by atoms with Crippen molar-refractivity contribution in [3.63, 3.8) is 0 Å². The second-order valence-electron chi connectivity index (χ2n) is 7.52. The van der Waals surface area contributed by atoms with Gasteiger partial charge in [0.05, 0.1) is 30.0 Å². The van der Waals surface area contributed by atoms with Gasteiger partial charge < -0.3 is 14.4 Å². The molecule has 1 aromatic carbocycles. The molecule has 2 aromatic rings. The molecule has 2 aliphatic heterocycles. The highest BCUT2D eigenvalue weighted by Gasteiger charge is 2.33. The highest BCUT2D eigenvalue weighted by molar-refractivity contribution is 8.16. The molecule has 32 heavy (non-hydrogen) atoms. The quantitative estimate of drug-likeness (QED) is 0.445. The van der Waals surface area contributed by atoms with Crippen molar-refractivity contribution in [1.29, 1.82) is 0 Å². The fraction of sp³-hybridized carbons (Fsp3) is 0.333. The minimum absolute atomic E-state index is 0.115. The van der Waals surface area contributed by atoms with E-state index in [0.717, 1.165) is 45.7 Å². The Balaban J connectivity index is 1.95. The van der Waals surface area contributed by atoms with Crippen LogP contribution < -0.4 is 0 Å². The Kier molecular flexibility index (Phi) is 7.01. The van der Waals surface area contributed by atoms with Crippen LogP contribution >= 0.6 is 23.5 Å². The molecule has 0 saturated carbocycles. The summed E-state index contributed by atoms with van der Waals surface area (Å²) in [7, 11) is 4.73. The predicted molar refractivity (Wildman–Crippen MR) is 131 cm³/mol. The fourth-order valence-corrected chi connectivity index (χ4v) is 7.09. The zero-order chi connectivity index (χ0) is 22.7. The average Bonchev–Trinajstić information content (AvgIpc) is 3.17. The number of ether oxygens (including phenoxy) is 2. The fourth-order valence-electron chi connectivity index (χ4n) is 4.11. The first-order valence-corrected chi connectivity index (χ1v) is 12.5. The Hall–Kier alpha value is -2.58. The molecular weight excluding hydrogens is 444 g/mol. The molecule has 1 unspecified atom stereocenters. The molecule has 2 aliphatic rings. The summed E-state index contributed by atoms with van der Waals surface area (Å²) in [5.74, 6) is 1.57. The van der Waals surface area contributed by atoms with Crippen LogP contribution in [-0.4, -0.2) is 54.3 Å². The van der Waals surface area contributed by atoms with Crippen LogP contribution in [0.25, 0.3) is 10.9 Å². The van der Waals surface area contributed by atoms with Crippen LogP contribution in [0.1, 0.15) is 28.2 Å². The lowest BCUT2D eigenvalue weighted by Gasteiger charge is -2.28. The van der Waals surface area contributed by atoms with Gasteiger partial charge in [-0.1, -0.05) is 24.3 Å². The van der Waals surface area contributed by atoms with Gasteiger partial charge in [0, 0.05) is 36.8 Å². The summed E-state index contributed by atoms with van der Waals surface area (Å²) >= 11 is 3.73. The first-order chi connectivity index (χ1) is 15.5. The first-order valence-electron chi connectivity index (χ1n) is 10.4. The van der Waals surface area contributed by atoms with Crippen LogP contribution in [0, 0.1) is 0 Å². The van der Waals surface area contributed by atoms with Crippen molar-refractivity contribution in [3.8, 4) is 0 Å². The minimum Gasteiger partial charge on any atom is -0.466 e. The molecule has 0 bridgehead atoms. The predicted octanol–water partition coefficient (Wildman–Crippen LogP) is 5.28. The smallest absolute Gasteiger partial charge is 0.418 e. The molecule has 1 fully saturated rings. The highest BCUT2D eigenvalue weighted by atomic mass is 32.2. The second kappa shape index (κ2) is 9.92. The van der Waals surface area contributed by atoms with Crippen molar-refractivity contribution in [2.24, 2.45) is 0 Å². The molecule has 1 saturated heterocycles. The zero-order valence-corrected chi connectivity index (χ0v) is 19.9. The maximum Gasteiger partial charge on any atom is 0.418 e. The maximum atomic E-state index is 13.0. The SMILES string of the molecule is COC(=O)/C=C/C1=CN(C)C=CC1c1c(C2SCCCS2)n(C(=O)OC)c2ccccc12. The number of nitrogens with zero attached hydrogens (tertiary/aromatic N) is 2. The average molecular weight is 471 g/mol. The summed E-state index contributed by atoms with van der Waals surface area (Å²) in [6.45, 7) is 0. The topological polar surface area (TPSA) is 60.8 Å². The molecular formula is C24H26N2O4S2. The number of carbonyl (C=O) groups is 2. The largest absolute Gasteiger partial charge is 0.466 e. The van der Waals surface area contributed by atoms with E-state index in [9.17, 15) is 9.59 Å². The number of allylic oxidation sites excluding steroid dienone is 3. The van der Waals surface area contributed by atoms with Crippen LogP contribution in [-0.2, 0) is 14.3 Å². The summed E-state index contributed by atoms with van der Waals surface area (Å²) in [6, 6.07) is 7.95. The Labute approximate surface area is 196 Å². The Morgan fingerprint density at radius 1 is 1.12 bits per heavy atom. The molecule has 0 amide bonds. The van der Waals surface area contributed by atoms with Crippen molar-refractivity contribution in [1.82, 2.24) is 9.47 Å². The Bertz CT molecular complexity index is 1110. The molecule has 0 N–H and O–H groups in total. The molecule has 3 heterocycles. The van der Waals surface area contributed by atoms with Crippen molar-refractivity contribution in [2.45, 2.75) is 16.9 Å². The van der Waals surface area contributed by atoms with Crippen molar-refractivity contribution in [3.05, 3.63) is 71.7 Å². The minimum atomic E-state index is -0.405. The second-order valence-corrected chi connectivity index (χ2v) is 10.2. The van der Waals surface area contributed by atoms with Gasteiger partial charge in [-0.15, -0.1) is 23.5 Å². The zero-order valence-electron chi connectivity index (χ0n) is 18.3. The van der Waals surface area contributed by atoms with Gasteiger partial charge in [0.15, 0.2) is 0 Å². The van der Waals surface area contributed by atoms with Gasteiger partial charge in [0.25, 0.3) is 0 Å². The first kappa shape index (κ1) is 22.6. The third-order valence-corrected chi connectivity index (χ3v) is 8.43. The highest BCUT2D eigenvalue weighted by Crippen LogP contribution is 2.50. The lowest BCUT2D eigenvalue weighted by molar-refractivity contribution is -0.134. The monoisotopic (exact) mass is 470 g/mol. The van der Waals surface area contributed by atoms with Crippen molar-refractivity contribution in [2.75, 3.05) is 32.8 Å². The summed E-state index contributed by atoms with van der Waals surface area (Å²) in [5.41, 5.74) is 3.81. The van der Waals surface area contributed by atoms with E-state index in [0.29, 0.717) is 0 Å². The molecule has 1 atom stereocenters. The normalized spacial score (nSPS) is 19.4. The lowest BCUT2D eigenvalue weighted by atomic mass is 9.87. The molecule has 6 nitrogen and oxygen atoms in total. The number of rotatable bonds is 4. The molecule has 4 rings (SSSR count). The van der Waals surface area contributed by atoms with Crippen LogP contribution in [0.2, 0.25) is 0 Å². The molecule has 168 valence electrons. The number of esters is 1. The van der Waals surface area contributed by atoms with Gasteiger partial charge in [-0.2, -0.15) is 0 Å². The number of methoxy groups -OCH3 is 2. The van der Waals surface area contributed by atoms with Crippen LogP contribution in [0.3, 0.4) is 0 Å². The van der Waals surface area contributed by atoms with E-state index >= 15 is 0 Å². The summed E-state index contributed by atoms with van der Waals surface area (Å²) in [6.07, 6.45) is 10.1. The number of benzene rings is 1. The number of aromatic nitrogens is 1. The lowest BCUT2D eigenvalue weighted by Crippen LogP contribution is -2.19. The molecule has 0 spiro atoms. The van der Waals surface area contributed by atoms with Crippen molar-refractivity contribution >= 4 is 46.5 Å². The Morgan fingerprint density at radius 3 is 2.59 bits per heavy atom. The molecule has 8 heteroatoms. The van der Waals surface area contributed by atoms with Gasteiger partial charge in [0.2, 0.25) is 0 Å². The standard InChI is InChI=1S/C24H26N2O4S2/c1-25-12-11-17(16(15-25)9-10-20(27)29-2)21-18-7-4-5-8-19(18)26(24(28)30-3)22(21)23-31-13-6-14-32-23/h4-5,7-12,15,17,23H,6,13-14H2,1-3H3/b10-9+. The van der Waals surface area contributed by atoms with E-state index in [1.807, 2.05) is 66.1 Å². The summed E-state index contributed by atoms with van der Waals surface area (Å²) in [5, 5.41) is 1.01. The number of hydrogen-bond donors (Lipinski definition) is 0. The van der Waals surface area contributed by atoms with E-state index in [-0.39, 0.29) is 16.6 Å². The van der Waals surface area contributed by atoms with Gasteiger partial charge in [-0.25, -0.2) is 14.2 Å². The number of carbonyl (C=O) groups excluding carboxylic acids is 2. The van der Waals surface area contributed by atoms with E-state index < -0.39 is 5.97 Å². The molecule has 0 aliphatic carbocycles. The van der Waals surface area contributed by atoms with E-state index in [1.54, 1.807) is 10.6 Å². The Morgan fingerprint density at radius 2 is 1.88 bits per heavy atom. The molecule has 0 radical (unpaired) electrons. The van der Waals surface area contributed by atoms with E-state index in [4.69, 9.17) is 9.47 Å². The van der Waals surface area contributed by atoms with Crippen LogP contribution in [0.15, 0.2) is 60.5 Å². The van der Waals surface area contributed by atoms with Gasteiger partial charge in [-0.3, -0.25) is 0 Å². The van der Waals surface area contributed by atoms with Gasteiger partial charge in [-0.05, 0) is 41.2 Å². The number of thioether (sulfide) groups is 2. The van der Waals surface area contributed by atoms with Gasteiger partial charge >= 0.3 is 12.1 Å². The number of para-hydroxylation sites is 1. The van der Waals surface area contributed by atoms with Crippen molar-refractivity contribution < 1.29 is 19.1 Å². The van der Waals surface area contributed by atoms with Gasteiger partial charge in [0.1, 0.15) is 0 Å². The summed E-state index contributed by atoms with van der Waals surface area (Å²) in [4.78, 5) is 26.7. The van der Waals surface area contributed by atoms with Crippen LogP contribution in [0.4, 0.5) is 4.79 Å². The van der Waals surface area contributed by atoms with E-state index in [1.165, 1.54) is 20.3 Å². The third-order valence-electron chi connectivity index (χ3n) is 5.51. The molecule has 1 aromatic heterocycles. The van der Waals surface area contributed by atoms with Crippen LogP contribution in [0.5, 0.6) is 0 Å². The summed E-state index contributed by atoms with van der Waals surface area (Å²) < 4.78 is 11.8. The number of hydrogen-bond acceptors (Lipinski definition) is 7.